The molecule has 4 heteroatoms. The van der Waals surface area contributed by atoms with Crippen LogP contribution in [0.15, 0.2) is 71.8 Å². The molecule has 3 aromatic rings. The molecule has 31 heavy (non-hydrogen) atoms. The van der Waals surface area contributed by atoms with Crippen molar-refractivity contribution in [3.8, 4) is 0 Å². The van der Waals surface area contributed by atoms with E-state index in [1.54, 1.807) is 6.21 Å². The van der Waals surface area contributed by atoms with Gasteiger partial charge in [-0.1, -0.05) is 48.5 Å². The lowest BCUT2D eigenvalue weighted by molar-refractivity contribution is 0.0957. The van der Waals surface area contributed by atoms with Crippen molar-refractivity contribution < 1.29 is 4.79 Å². The van der Waals surface area contributed by atoms with Gasteiger partial charge in [-0.05, 0) is 74.7 Å². The number of amides is 1. The van der Waals surface area contributed by atoms with Crippen LogP contribution in [-0.4, -0.2) is 23.7 Å². The monoisotopic (exact) mass is 411 g/mol. The van der Waals surface area contributed by atoms with Crippen molar-refractivity contribution in [2.45, 2.75) is 46.2 Å². The Kier molecular flexibility index (Phi) is 5.40. The molecule has 1 aliphatic heterocycles. The summed E-state index contributed by atoms with van der Waals surface area (Å²) < 4.78 is 0. The second kappa shape index (κ2) is 8.03. The zero-order valence-electron chi connectivity index (χ0n) is 18.8. The lowest BCUT2D eigenvalue weighted by Gasteiger charge is -2.46. The Morgan fingerprint density at radius 2 is 1.81 bits per heavy atom. The highest BCUT2D eigenvalue weighted by atomic mass is 16.2. The van der Waals surface area contributed by atoms with Crippen molar-refractivity contribution in [1.29, 1.82) is 0 Å². The van der Waals surface area contributed by atoms with E-state index < -0.39 is 0 Å². The number of rotatable bonds is 4. The minimum Gasteiger partial charge on any atom is -0.360 e. The number of hydrazone groups is 1. The first-order valence-corrected chi connectivity index (χ1v) is 10.7. The van der Waals surface area contributed by atoms with Crippen LogP contribution in [0, 0.1) is 0 Å². The van der Waals surface area contributed by atoms with Gasteiger partial charge in [0.25, 0.3) is 5.91 Å². The highest BCUT2D eigenvalue weighted by Gasteiger charge is 2.32. The van der Waals surface area contributed by atoms with Crippen LogP contribution in [0.1, 0.15) is 56.1 Å². The first-order valence-electron chi connectivity index (χ1n) is 10.7. The maximum atomic E-state index is 12.7. The van der Waals surface area contributed by atoms with Crippen LogP contribution in [0.4, 0.5) is 5.69 Å². The van der Waals surface area contributed by atoms with Crippen LogP contribution >= 0.6 is 0 Å². The van der Waals surface area contributed by atoms with E-state index in [9.17, 15) is 4.79 Å². The third-order valence-corrected chi connectivity index (χ3v) is 5.83. The second-order valence-electron chi connectivity index (χ2n) is 8.95. The molecule has 0 unspecified atom stereocenters. The molecular formula is C27H29N3O. The lowest BCUT2D eigenvalue weighted by atomic mass is 9.87. The van der Waals surface area contributed by atoms with Gasteiger partial charge in [0.15, 0.2) is 0 Å². The highest BCUT2D eigenvalue weighted by molar-refractivity contribution is 6.07. The summed E-state index contributed by atoms with van der Waals surface area (Å²) in [6.45, 7) is 11.1. The molecule has 158 valence electrons. The van der Waals surface area contributed by atoms with E-state index in [1.165, 1.54) is 16.8 Å². The van der Waals surface area contributed by atoms with Gasteiger partial charge in [0.2, 0.25) is 0 Å². The van der Waals surface area contributed by atoms with E-state index in [2.05, 4.69) is 74.3 Å². The number of anilines is 1. The number of fused-ring (bicyclic) bond motifs is 2. The fourth-order valence-corrected chi connectivity index (χ4v) is 4.74. The Labute approximate surface area is 184 Å². The first-order chi connectivity index (χ1) is 14.8. The van der Waals surface area contributed by atoms with E-state index in [-0.39, 0.29) is 11.4 Å². The summed E-state index contributed by atoms with van der Waals surface area (Å²) in [6.07, 6.45) is 4.02. The summed E-state index contributed by atoms with van der Waals surface area (Å²) in [5.74, 6) is -0.213. The van der Waals surface area contributed by atoms with E-state index in [1.807, 2.05) is 42.5 Å². The fraction of sp³-hybridized carbons (Fsp3) is 0.259. The summed E-state index contributed by atoms with van der Waals surface area (Å²) in [5.41, 5.74) is 7.91. The Bertz CT molecular complexity index is 1200. The molecule has 0 radical (unpaired) electrons. The average molecular weight is 412 g/mol. The van der Waals surface area contributed by atoms with Gasteiger partial charge in [-0.3, -0.25) is 4.79 Å². The van der Waals surface area contributed by atoms with Crippen molar-refractivity contribution in [2.75, 3.05) is 4.90 Å². The van der Waals surface area contributed by atoms with Gasteiger partial charge in [-0.15, -0.1) is 0 Å². The summed E-state index contributed by atoms with van der Waals surface area (Å²) >= 11 is 0. The summed E-state index contributed by atoms with van der Waals surface area (Å²) in [7, 11) is 0. The Morgan fingerprint density at radius 3 is 2.58 bits per heavy atom. The standard InChI is InChI=1S/C27H29N3O/c1-18(2)30-25-14-13-20(15-24(25)19(3)16-27(30,4)5)17-28-29-26(31)23-12-8-10-21-9-6-7-11-22(21)23/h6-18H,1-5H3,(H,29,31)/b28-17+. The molecule has 0 fully saturated rings. The molecule has 1 amide bonds. The summed E-state index contributed by atoms with van der Waals surface area (Å²) in [5, 5.41) is 6.18. The number of hydrogen-bond donors (Lipinski definition) is 1. The van der Waals surface area contributed by atoms with Gasteiger partial charge < -0.3 is 4.90 Å². The second-order valence-corrected chi connectivity index (χ2v) is 8.95. The number of allylic oxidation sites excluding steroid dienone is 1. The molecule has 0 atom stereocenters. The van der Waals surface area contributed by atoms with E-state index in [4.69, 9.17) is 0 Å². The number of carbonyl (C=O) groups is 1. The normalized spacial score (nSPS) is 15.3. The van der Waals surface area contributed by atoms with Gasteiger partial charge in [-0.25, -0.2) is 5.43 Å². The number of carbonyl (C=O) groups excluding carboxylic acids is 1. The van der Waals surface area contributed by atoms with Gasteiger partial charge in [0.1, 0.15) is 0 Å². The van der Waals surface area contributed by atoms with Gasteiger partial charge in [0, 0.05) is 22.9 Å². The van der Waals surface area contributed by atoms with Crippen LogP contribution in [0.3, 0.4) is 0 Å². The van der Waals surface area contributed by atoms with Gasteiger partial charge in [-0.2, -0.15) is 5.10 Å². The molecule has 4 nitrogen and oxygen atoms in total. The smallest absolute Gasteiger partial charge is 0.271 e. The lowest BCUT2D eigenvalue weighted by Crippen LogP contribution is -2.49. The first kappa shape index (κ1) is 20.9. The minimum atomic E-state index is -0.213. The van der Waals surface area contributed by atoms with E-state index in [0.29, 0.717) is 11.6 Å². The van der Waals surface area contributed by atoms with Crippen molar-refractivity contribution in [3.05, 3.63) is 83.4 Å². The Balaban J connectivity index is 1.57. The van der Waals surface area contributed by atoms with Crippen LogP contribution in [0.2, 0.25) is 0 Å². The predicted molar refractivity (Wildman–Crippen MR) is 131 cm³/mol. The topological polar surface area (TPSA) is 44.7 Å². The zero-order valence-corrected chi connectivity index (χ0v) is 18.8. The van der Waals surface area contributed by atoms with Crippen LogP contribution < -0.4 is 10.3 Å². The van der Waals surface area contributed by atoms with Crippen LogP contribution in [0.5, 0.6) is 0 Å². The maximum absolute atomic E-state index is 12.7. The van der Waals surface area contributed by atoms with Crippen molar-refractivity contribution >= 4 is 34.2 Å². The molecule has 0 saturated heterocycles. The van der Waals surface area contributed by atoms with Gasteiger partial charge in [0.05, 0.1) is 11.8 Å². The third-order valence-electron chi connectivity index (χ3n) is 5.83. The largest absolute Gasteiger partial charge is 0.360 e. The Morgan fingerprint density at radius 1 is 1.06 bits per heavy atom. The summed E-state index contributed by atoms with van der Waals surface area (Å²) in [4.78, 5) is 15.1. The van der Waals surface area contributed by atoms with Gasteiger partial charge >= 0.3 is 0 Å². The number of nitrogens with zero attached hydrogens (tertiary/aromatic N) is 2. The highest BCUT2D eigenvalue weighted by Crippen LogP contribution is 2.40. The predicted octanol–water partition coefficient (Wildman–Crippen LogP) is 6.01. The average Bonchev–Trinajstić information content (AvgIpc) is 2.72. The molecule has 0 aromatic heterocycles. The zero-order chi connectivity index (χ0) is 22.2. The molecule has 0 spiro atoms. The molecule has 0 aliphatic carbocycles. The van der Waals surface area contributed by atoms with E-state index >= 15 is 0 Å². The fourth-order valence-electron chi connectivity index (χ4n) is 4.74. The van der Waals surface area contributed by atoms with Crippen LogP contribution in [-0.2, 0) is 0 Å². The molecule has 4 rings (SSSR count). The molecule has 1 aliphatic rings. The van der Waals surface area contributed by atoms with Crippen molar-refractivity contribution in [2.24, 2.45) is 5.10 Å². The third kappa shape index (κ3) is 3.98. The minimum absolute atomic E-state index is 0.0344. The van der Waals surface area contributed by atoms with Crippen molar-refractivity contribution in [3.63, 3.8) is 0 Å². The molecule has 1 N–H and O–H groups in total. The quantitative estimate of drug-likeness (QED) is 0.422. The molecule has 3 aromatic carbocycles. The van der Waals surface area contributed by atoms with Crippen molar-refractivity contribution in [1.82, 2.24) is 5.43 Å². The Hall–Kier alpha value is -3.40. The molecular weight excluding hydrogens is 382 g/mol. The molecule has 1 heterocycles. The van der Waals surface area contributed by atoms with Crippen LogP contribution in [0.25, 0.3) is 16.3 Å². The number of hydrogen-bond acceptors (Lipinski definition) is 3. The molecule has 0 bridgehead atoms. The molecule has 0 saturated carbocycles. The maximum Gasteiger partial charge on any atom is 0.271 e. The number of nitrogens with one attached hydrogen (secondary N) is 1. The number of benzene rings is 3. The SMILES string of the molecule is CC1=CC(C)(C)N(C(C)C)c2ccc(/C=N/NC(=O)c3cccc4ccccc34)cc21. The van der Waals surface area contributed by atoms with E-state index in [0.717, 1.165) is 16.3 Å². The summed E-state index contributed by atoms with van der Waals surface area (Å²) in [6, 6.07) is 20.3.